The second-order valence-corrected chi connectivity index (χ2v) is 5.16. The highest BCUT2D eigenvalue weighted by Crippen LogP contribution is 2.05. The van der Waals surface area contributed by atoms with Crippen LogP contribution in [0.1, 0.15) is 13.3 Å². The molecule has 0 aromatic carbocycles. The molecule has 1 unspecified atom stereocenters. The average molecular weight is 247 g/mol. The van der Waals surface area contributed by atoms with Crippen LogP contribution in [0.25, 0.3) is 0 Å². The summed E-state index contributed by atoms with van der Waals surface area (Å²) < 4.78 is 27.0. The van der Waals surface area contributed by atoms with E-state index in [1.807, 2.05) is 0 Å². The molecule has 1 heterocycles. The van der Waals surface area contributed by atoms with E-state index in [0.29, 0.717) is 0 Å². The maximum absolute atomic E-state index is 11.7. The summed E-state index contributed by atoms with van der Waals surface area (Å²) in [5.74, 6) is -1.06. The Kier molecular flexibility index (Phi) is 3.66. The number of rotatable bonds is 5. The second-order valence-electron chi connectivity index (χ2n) is 3.50. The van der Waals surface area contributed by atoms with Gasteiger partial charge in [-0.1, -0.05) is 0 Å². The van der Waals surface area contributed by atoms with Crippen LogP contribution in [0.5, 0.6) is 0 Å². The number of nitrogens with zero attached hydrogens (tertiary/aromatic N) is 2. The van der Waals surface area contributed by atoms with Crippen LogP contribution in [0.2, 0.25) is 0 Å². The summed E-state index contributed by atoms with van der Waals surface area (Å²) in [6.07, 6.45) is 2.43. The molecule has 8 heteroatoms. The van der Waals surface area contributed by atoms with Gasteiger partial charge in [0, 0.05) is 19.3 Å². The van der Waals surface area contributed by atoms with Crippen molar-refractivity contribution in [3.8, 4) is 0 Å². The van der Waals surface area contributed by atoms with Gasteiger partial charge < -0.3 is 9.67 Å². The number of nitrogens with one attached hydrogen (secondary N) is 1. The first-order valence-corrected chi connectivity index (χ1v) is 6.01. The van der Waals surface area contributed by atoms with Gasteiger partial charge in [0.15, 0.2) is 5.03 Å². The van der Waals surface area contributed by atoms with Gasteiger partial charge in [-0.2, -0.15) is 0 Å². The zero-order chi connectivity index (χ0) is 12.3. The van der Waals surface area contributed by atoms with E-state index in [1.54, 1.807) is 7.05 Å². The van der Waals surface area contributed by atoms with Gasteiger partial charge in [0.05, 0.1) is 12.7 Å². The van der Waals surface area contributed by atoms with Crippen LogP contribution in [0, 0.1) is 0 Å². The Morgan fingerprint density at radius 1 is 1.69 bits per heavy atom. The minimum absolute atomic E-state index is 0.118. The van der Waals surface area contributed by atoms with Gasteiger partial charge in [-0.3, -0.25) is 4.79 Å². The minimum atomic E-state index is -3.73. The fourth-order valence-corrected chi connectivity index (χ4v) is 2.38. The number of aryl methyl sites for hydroxylation is 1. The number of imidazole rings is 1. The Hall–Kier alpha value is -1.41. The lowest BCUT2D eigenvalue weighted by molar-refractivity contribution is -0.137. The molecule has 1 aromatic rings. The van der Waals surface area contributed by atoms with Gasteiger partial charge in [0.2, 0.25) is 0 Å². The standard InChI is InChI=1S/C8H13N3O4S/c1-6(3-8(12)13)10-16(14,15)7-4-11(2)5-9-7/h4-6,10H,3H2,1-2H3,(H,12,13). The van der Waals surface area contributed by atoms with E-state index in [1.165, 1.54) is 24.0 Å². The maximum Gasteiger partial charge on any atom is 0.304 e. The SMILES string of the molecule is CC(CC(=O)O)NS(=O)(=O)c1cn(C)cn1. The quantitative estimate of drug-likeness (QED) is 0.734. The summed E-state index contributed by atoms with van der Waals surface area (Å²) in [5.41, 5.74) is 0. The van der Waals surface area contributed by atoms with Gasteiger partial charge in [0.25, 0.3) is 10.0 Å². The highest BCUT2D eigenvalue weighted by molar-refractivity contribution is 7.89. The molecule has 7 nitrogen and oxygen atoms in total. The topological polar surface area (TPSA) is 101 Å². The van der Waals surface area contributed by atoms with Crippen LogP contribution >= 0.6 is 0 Å². The fourth-order valence-electron chi connectivity index (χ4n) is 1.16. The number of aromatic nitrogens is 2. The van der Waals surface area contributed by atoms with Crippen molar-refractivity contribution in [2.24, 2.45) is 7.05 Å². The average Bonchev–Trinajstić information content (AvgIpc) is 2.49. The molecule has 0 fully saturated rings. The molecule has 1 rings (SSSR count). The number of hydrogen-bond acceptors (Lipinski definition) is 4. The van der Waals surface area contributed by atoms with Crippen molar-refractivity contribution in [3.63, 3.8) is 0 Å². The zero-order valence-electron chi connectivity index (χ0n) is 8.91. The largest absolute Gasteiger partial charge is 0.481 e. The number of sulfonamides is 1. The lowest BCUT2D eigenvalue weighted by Crippen LogP contribution is -2.34. The van der Waals surface area contributed by atoms with E-state index in [0.717, 1.165) is 0 Å². The van der Waals surface area contributed by atoms with Gasteiger partial charge in [0.1, 0.15) is 0 Å². The van der Waals surface area contributed by atoms with Gasteiger partial charge in [-0.25, -0.2) is 18.1 Å². The number of carbonyl (C=O) groups is 1. The number of hydrogen-bond donors (Lipinski definition) is 2. The summed E-state index contributed by atoms with van der Waals surface area (Å²) in [4.78, 5) is 14.1. The summed E-state index contributed by atoms with van der Waals surface area (Å²) in [6, 6.07) is -0.676. The Morgan fingerprint density at radius 3 is 2.75 bits per heavy atom. The molecule has 0 bridgehead atoms. The normalized spacial score (nSPS) is 13.6. The van der Waals surface area contributed by atoms with E-state index in [2.05, 4.69) is 9.71 Å². The third-order valence-corrected chi connectivity index (χ3v) is 3.27. The van der Waals surface area contributed by atoms with Crippen molar-refractivity contribution in [1.82, 2.24) is 14.3 Å². The lowest BCUT2D eigenvalue weighted by atomic mass is 10.3. The molecule has 0 aliphatic heterocycles. The van der Waals surface area contributed by atoms with E-state index >= 15 is 0 Å². The molecule has 90 valence electrons. The molecule has 1 atom stereocenters. The molecule has 0 saturated heterocycles. The highest BCUT2D eigenvalue weighted by atomic mass is 32.2. The zero-order valence-corrected chi connectivity index (χ0v) is 9.73. The molecule has 0 radical (unpaired) electrons. The van der Waals surface area contributed by atoms with Crippen molar-refractivity contribution in [2.45, 2.75) is 24.4 Å². The monoisotopic (exact) mass is 247 g/mol. The number of aliphatic carboxylic acids is 1. The molecule has 0 spiro atoms. The third-order valence-electron chi connectivity index (χ3n) is 1.79. The van der Waals surface area contributed by atoms with Gasteiger partial charge in [-0.15, -0.1) is 0 Å². The number of carboxylic acids is 1. The molecular formula is C8H13N3O4S. The smallest absolute Gasteiger partial charge is 0.304 e. The summed E-state index contributed by atoms with van der Waals surface area (Å²) >= 11 is 0. The predicted molar refractivity (Wildman–Crippen MR) is 55.2 cm³/mol. The Bertz CT molecular complexity index is 479. The molecule has 0 saturated carbocycles. The molecule has 0 amide bonds. The van der Waals surface area contributed by atoms with E-state index in [-0.39, 0.29) is 11.4 Å². The molecule has 16 heavy (non-hydrogen) atoms. The third kappa shape index (κ3) is 3.31. The molecule has 2 N–H and O–H groups in total. The van der Waals surface area contributed by atoms with E-state index in [4.69, 9.17) is 5.11 Å². The van der Waals surface area contributed by atoms with Crippen molar-refractivity contribution >= 4 is 16.0 Å². The van der Waals surface area contributed by atoms with Crippen LogP contribution in [-0.2, 0) is 21.9 Å². The fraction of sp³-hybridized carbons (Fsp3) is 0.500. The van der Waals surface area contributed by atoms with E-state index < -0.39 is 22.0 Å². The van der Waals surface area contributed by atoms with Crippen LogP contribution in [0.4, 0.5) is 0 Å². The Labute approximate surface area is 93.2 Å². The van der Waals surface area contributed by atoms with E-state index in [9.17, 15) is 13.2 Å². The van der Waals surface area contributed by atoms with Crippen LogP contribution in [0.3, 0.4) is 0 Å². The minimum Gasteiger partial charge on any atom is -0.481 e. The van der Waals surface area contributed by atoms with Crippen LogP contribution in [0.15, 0.2) is 17.6 Å². The Balaban J connectivity index is 2.76. The summed E-state index contributed by atoms with van der Waals surface area (Å²) in [7, 11) is -2.08. The van der Waals surface area contributed by atoms with Gasteiger partial charge in [-0.05, 0) is 6.92 Å². The lowest BCUT2D eigenvalue weighted by Gasteiger charge is -2.10. The molecule has 1 aromatic heterocycles. The van der Waals surface area contributed by atoms with Crippen LogP contribution in [-0.4, -0.2) is 35.1 Å². The predicted octanol–water partition coefficient (Wildman–Crippen LogP) is -0.438. The highest BCUT2D eigenvalue weighted by Gasteiger charge is 2.20. The van der Waals surface area contributed by atoms with Crippen molar-refractivity contribution < 1.29 is 18.3 Å². The first-order valence-electron chi connectivity index (χ1n) is 4.53. The molecular weight excluding hydrogens is 234 g/mol. The second kappa shape index (κ2) is 4.62. The first kappa shape index (κ1) is 12.7. The van der Waals surface area contributed by atoms with Crippen molar-refractivity contribution in [2.75, 3.05) is 0 Å². The molecule has 0 aliphatic carbocycles. The van der Waals surface area contributed by atoms with Gasteiger partial charge >= 0.3 is 5.97 Å². The van der Waals surface area contributed by atoms with Crippen molar-refractivity contribution in [1.29, 1.82) is 0 Å². The molecule has 0 aliphatic rings. The Morgan fingerprint density at radius 2 is 2.31 bits per heavy atom. The maximum atomic E-state index is 11.7. The summed E-state index contributed by atoms with van der Waals surface area (Å²) in [5, 5.41) is 8.38. The van der Waals surface area contributed by atoms with Crippen molar-refractivity contribution in [3.05, 3.63) is 12.5 Å². The number of carboxylic acid groups (broad SMARTS) is 1. The summed E-state index contributed by atoms with van der Waals surface area (Å²) in [6.45, 7) is 1.48. The van der Waals surface area contributed by atoms with Crippen LogP contribution < -0.4 is 4.72 Å². The first-order chi connectivity index (χ1) is 7.31.